The highest BCUT2D eigenvalue weighted by Gasteiger charge is 2.18. The van der Waals surface area contributed by atoms with E-state index in [1.807, 2.05) is 6.08 Å². The van der Waals surface area contributed by atoms with E-state index in [-0.39, 0.29) is 18.5 Å². The number of amides is 1. The number of allylic oxidation sites excluding steroid dienone is 3. The molecule has 486 valence electrons. The second-order valence-corrected chi connectivity index (χ2v) is 26.0. The van der Waals surface area contributed by atoms with E-state index in [2.05, 4.69) is 31.3 Å². The first kappa shape index (κ1) is 80.3. The summed E-state index contributed by atoms with van der Waals surface area (Å²) < 4.78 is 5.50. The fourth-order valence-corrected chi connectivity index (χ4v) is 12.0. The number of nitrogens with one attached hydrogen (secondary N) is 1. The number of ether oxygens (including phenoxy) is 1. The maximum absolute atomic E-state index is 12.5. The second-order valence-electron chi connectivity index (χ2n) is 26.0. The van der Waals surface area contributed by atoms with Crippen LogP contribution in [-0.2, 0) is 14.3 Å². The number of esters is 1. The van der Waals surface area contributed by atoms with Gasteiger partial charge in [-0.3, -0.25) is 9.59 Å². The first-order valence-electron chi connectivity index (χ1n) is 37.6. The lowest BCUT2D eigenvalue weighted by atomic mass is 10.0. The van der Waals surface area contributed by atoms with Crippen LogP contribution >= 0.6 is 0 Å². The van der Waals surface area contributed by atoms with Crippen LogP contribution in [0.5, 0.6) is 0 Å². The molecule has 6 nitrogen and oxygen atoms in total. The number of aliphatic hydroxyl groups excluding tert-OH is 2. The van der Waals surface area contributed by atoms with E-state index in [4.69, 9.17) is 4.74 Å². The first-order valence-corrected chi connectivity index (χ1v) is 37.6. The van der Waals surface area contributed by atoms with Crippen molar-refractivity contribution in [3.63, 3.8) is 0 Å². The predicted octanol–water partition coefficient (Wildman–Crippen LogP) is 24.5. The molecule has 0 rings (SSSR count). The summed E-state index contributed by atoms with van der Waals surface area (Å²) in [5, 5.41) is 23.3. The van der Waals surface area contributed by atoms with Crippen LogP contribution < -0.4 is 5.32 Å². The Morgan fingerprint density at radius 1 is 0.329 bits per heavy atom. The fraction of sp³-hybridized carbons (Fsp3) is 0.921. The number of hydrogen-bond donors (Lipinski definition) is 3. The molecule has 0 aliphatic rings. The Hall–Kier alpha value is -1.66. The van der Waals surface area contributed by atoms with Gasteiger partial charge in [-0.05, 0) is 57.8 Å². The van der Waals surface area contributed by atoms with Crippen LogP contribution in [0.4, 0.5) is 0 Å². The third-order valence-electron chi connectivity index (χ3n) is 17.7. The summed E-state index contributed by atoms with van der Waals surface area (Å²) in [5.41, 5.74) is 0. The van der Waals surface area contributed by atoms with E-state index in [9.17, 15) is 19.8 Å². The van der Waals surface area contributed by atoms with Gasteiger partial charge in [-0.2, -0.15) is 0 Å². The number of hydrogen-bond acceptors (Lipinski definition) is 5. The quantitative estimate of drug-likeness (QED) is 0.0320. The number of carbonyl (C=O) groups is 2. The van der Waals surface area contributed by atoms with Gasteiger partial charge < -0.3 is 20.3 Å². The van der Waals surface area contributed by atoms with Crippen LogP contribution in [-0.4, -0.2) is 47.4 Å². The molecule has 82 heavy (non-hydrogen) atoms. The lowest BCUT2D eigenvalue weighted by molar-refractivity contribution is -0.143. The summed E-state index contributed by atoms with van der Waals surface area (Å²) in [6.07, 6.45) is 91.4. The Bertz CT molecular complexity index is 1280. The van der Waals surface area contributed by atoms with Gasteiger partial charge in [0.05, 0.1) is 25.4 Å². The van der Waals surface area contributed by atoms with E-state index in [1.54, 1.807) is 6.08 Å². The lowest BCUT2D eigenvalue weighted by Gasteiger charge is -2.20. The summed E-state index contributed by atoms with van der Waals surface area (Å²) in [5.74, 6) is -0.0471. The van der Waals surface area contributed by atoms with Gasteiger partial charge in [0.25, 0.3) is 0 Å². The van der Waals surface area contributed by atoms with Gasteiger partial charge in [0.2, 0.25) is 5.91 Å². The SMILES string of the molecule is CCCCCCCC/C=C\CCCCCCCC(=O)OCCCCCCCCCCCCCCCCCCCCCCCCCCCCCCCCC(=O)NC(CO)C(O)/C=C/CCCCCCCCCCCCCCCCCCCC. The molecule has 0 radical (unpaired) electrons. The van der Waals surface area contributed by atoms with Gasteiger partial charge >= 0.3 is 5.97 Å². The molecule has 0 aromatic carbocycles. The highest BCUT2D eigenvalue weighted by atomic mass is 16.5. The molecular weight excluding hydrogens is 1010 g/mol. The van der Waals surface area contributed by atoms with Gasteiger partial charge in [-0.1, -0.05) is 378 Å². The molecule has 0 aliphatic carbocycles. The Morgan fingerprint density at radius 3 is 0.866 bits per heavy atom. The third-order valence-corrected chi connectivity index (χ3v) is 17.7. The molecule has 1 amide bonds. The van der Waals surface area contributed by atoms with Crippen molar-refractivity contribution >= 4 is 11.9 Å². The maximum atomic E-state index is 12.5. The highest BCUT2D eigenvalue weighted by molar-refractivity contribution is 5.76. The third kappa shape index (κ3) is 67.5. The molecule has 0 saturated heterocycles. The van der Waals surface area contributed by atoms with Crippen molar-refractivity contribution in [2.75, 3.05) is 13.2 Å². The van der Waals surface area contributed by atoms with E-state index in [0.717, 1.165) is 44.9 Å². The molecule has 6 heteroatoms. The van der Waals surface area contributed by atoms with Gasteiger partial charge in [0.15, 0.2) is 0 Å². The maximum Gasteiger partial charge on any atom is 0.305 e. The van der Waals surface area contributed by atoms with Crippen LogP contribution in [0.2, 0.25) is 0 Å². The fourth-order valence-electron chi connectivity index (χ4n) is 12.0. The molecule has 0 aliphatic heterocycles. The first-order chi connectivity index (χ1) is 40.5. The molecule has 0 fully saturated rings. The Labute approximate surface area is 513 Å². The van der Waals surface area contributed by atoms with Gasteiger partial charge in [0, 0.05) is 12.8 Å². The minimum Gasteiger partial charge on any atom is -0.466 e. The number of aliphatic hydroxyl groups is 2. The molecule has 0 bridgehead atoms. The molecule has 3 N–H and O–H groups in total. The molecule has 2 unspecified atom stereocenters. The monoisotopic (exact) mass is 1150 g/mol. The molecule has 0 heterocycles. The summed E-state index contributed by atoms with van der Waals surface area (Å²) in [7, 11) is 0. The lowest BCUT2D eigenvalue weighted by Crippen LogP contribution is -2.45. The Kier molecular flexibility index (Phi) is 70.4. The van der Waals surface area contributed by atoms with Crippen LogP contribution in [0.25, 0.3) is 0 Å². The van der Waals surface area contributed by atoms with Crippen molar-refractivity contribution in [1.82, 2.24) is 5.32 Å². The smallest absolute Gasteiger partial charge is 0.305 e. The highest BCUT2D eigenvalue weighted by Crippen LogP contribution is 2.19. The summed E-state index contributed by atoms with van der Waals surface area (Å²) >= 11 is 0. The summed E-state index contributed by atoms with van der Waals surface area (Å²) in [6, 6.07) is -0.625. The average Bonchev–Trinajstić information content (AvgIpc) is 3.48. The number of rotatable bonds is 71. The molecule has 0 saturated carbocycles. The van der Waals surface area contributed by atoms with Crippen LogP contribution in [0.15, 0.2) is 24.3 Å². The van der Waals surface area contributed by atoms with Crippen molar-refractivity contribution in [3.05, 3.63) is 24.3 Å². The van der Waals surface area contributed by atoms with Crippen molar-refractivity contribution in [1.29, 1.82) is 0 Å². The Morgan fingerprint density at radius 2 is 0.573 bits per heavy atom. The van der Waals surface area contributed by atoms with E-state index in [1.165, 1.54) is 353 Å². The van der Waals surface area contributed by atoms with Crippen molar-refractivity contribution in [2.45, 2.75) is 437 Å². The minimum atomic E-state index is -0.842. The summed E-state index contributed by atoms with van der Waals surface area (Å²) in [4.78, 5) is 24.6. The standard InChI is InChI=1S/C76H147NO5/c1-3-5-7-9-11-13-15-17-19-20-21-34-37-41-44-48-52-56-60-64-68-74(79)73(72-78)77-75(80)69-65-61-57-53-49-45-42-38-35-32-30-28-26-24-22-23-25-27-29-31-33-36-39-43-47-51-55-59-63-67-71-82-76(81)70-66-62-58-54-50-46-40-18-16-14-12-10-8-6-4-2/h18,40,64,68,73-74,78-79H,3-17,19-39,41-63,65-67,69-72H2,1-2H3,(H,77,80)/b40-18-,68-64+. The zero-order valence-electron chi connectivity index (χ0n) is 55.8. The normalized spacial score (nSPS) is 12.6. The van der Waals surface area contributed by atoms with Crippen molar-refractivity contribution in [2.24, 2.45) is 0 Å². The molecule has 0 aromatic rings. The zero-order chi connectivity index (χ0) is 59.2. The largest absolute Gasteiger partial charge is 0.466 e. The van der Waals surface area contributed by atoms with Gasteiger partial charge in [-0.15, -0.1) is 0 Å². The minimum absolute atomic E-state index is 0.0127. The number of unbranched alkanes of at least 4 members (excludes halogenated alkanes) is 58. The molecule has 2 atom stereocenters. The van der Waals surface area contributed by atoms with Gasteiger partial charge in [-0.25, -0.2) is 0 Å². The van der Waals surface area contributed by atoms with Crippen molar-refractivity contribution < 1.29 is 24.5 Å². The molecule has 0 aromatic heterocycles. The van der Waals surface area contributed by atoms with Crippen LogP contribution in [0.1, 0.15) is 425 Å². The second kappa shape index (κ2) is 71.8. The molecular formula is C76H147NO5. The van der Waals surface area contributed by atoms with Crippen LogP contribution in [0, 0.1) is 0 Å². The van der Waals surface area contributed by atoms with E-state index >= 15 is 0 Å². The summed E-state index contributed by atoms with van der Waals surface area (Å²) in [6.45, 7) is 4.94. The average molecular weight is 1160 g/mol. The topological polar surface area (TPSA) is 95.9 Å². The number of carbonyl (C=O) groups excluding carboxylic acids is 2. The van der Waals surface area contributed by atoms with Gasteiger partial charge in [0.1, 0.15) is 0 Å². The zero-order valence-corrected chi connectivity index (χ0v) is 55.8. The van der Waals surface area contributed by atoms with Crippen LogP contribution in [0.3, 0.4) is 0 Å². The predicted molar refractivity (Wildman–Crippen MR) is 361 cm³/mol. The van der Waals surface area contributed by atoms with E-state index < -0.39 is 12.1 Å². The van der Waals surface area contributed by atoms with Crippen molar-refractivity contribution in [3.8, 4) is 0 Å². The van der Waals surface area contributed by atoms with E-state index in [0.29, 0.717) is 19.4 Å². The molecule has 0 spiro atoms. The Balaban J connectivity index is 3.35.